The highest BCUT2D eigenvalue weighted by molar-refractivity contribution is 5.81. The van der Waals surface area contributed by atoms with Gasteiger partial charge in [0, 0.05) is 59.4 Å². The Morgan fingerprint density at radius 1 is 1.00 bits per heavy atom. The van der Waals surface area contributed by atoms with Gasteiger partial charge in [-0.1, -0.05) is 30.3 Å². The Hall–Kier alpha value is -1.96. The Labute approximate surface area is 187 Å². The predicted molar refractivity (Wildman–Crippen MR) is 124 cm³/mol. The first-order valence-electron chi connectivity index (χ1n) is 11.7. The number of carbonyl (C=O) groups excluding carboxylic acids is 2. The molecule has 1 unspecified atom stereocenters. The molecule has 1 N–H and O–H groups in total. The minimum Gasteiger partial charge on any atom is -0.352 e. The van der Waals surface area contributed by atoms with Crippen molar-refractivity contribution < 1.29 is 9.59 Å². The monoisotopic (exact) mass is 429 g/mol. The molecule has 1 atom stereocenters. The molecule has 0 aromatic heterocycles. The number of likely N-dealkylation sites (tertiary alicyclic amines) is 1. The number of hydrogen-bond donors (Lipinski definition) is 1. The molecule has 0 saturated carbocycles. The van der Waals surface area contributed by atoms with Crippen molar-refractivity contribution in [3.05, 3.63) is 35.9 Å². The van der Waals surface area contributed by atoms with Crippen LogP contribution >= 0.6 is 0 Å². The number of carbonyl (C=O) groups is 2. The maximum atomic E-state index is 12.9. The van der Waals surface area contributed by atoms with E-state index in [1.807, 2.05) is 6.92 Å². The maximum absolute atomic E-state index is 12.9. The molecular formula is C24H39N5O2. The molecule has 2 fully saturated rings. The molecule has 7 nitrogen and oxygen atoms in total. The molecule has 0 spiro atoms. The molecule has 1 aromatic rings. The highest BCUT2D eigenvalue weighted by atomic mass is 16.2. The summed E-state index contributed by atoms with van der Waals surface area (Å²) in [6, 6.07) is 10.7. The quantitative estimate of drug-likeness (QED) is 0.707. The van der Waals surface area contributed by atoms with Gasteiger partial charge >= 0.3 is 0 Å². The predicted octanol–water partition coefficient (Wildman–Crippen LogP) is 1.25. The van der Waals surface area contributed by atoms with Crippen molar-refractivity contribution >= 4 is 11.8 Å². The molecule has 7 heteroatoms. The first-order valence-corrected chi connectivity index (χ1v) is 11.7. The van der Waals surface area contributed by atoms with E-state index in [0.29, 0.717) is 6.54 Å². The fourth-order valence-electron chi connectivity index (χ4n) is 4.43. The average Bonchev–Trinajstić information content (AvgIpc) is 3.00. The van der Waals surface area contributed by atoms with Crippen molar-refractivity contribution in [2.24, 2.45) is 0 Å². The summed E-state index contributed by atoms with van der Waals surface area (Å²) in [4.78, 5) is 33.5. The van der Waals surface area contributed by atoms with Crippen LogP contribution in [-0.2, 0) is 16.1 Å². The number of amides is 2. The summed E-state index contributed by atoms with van der Waals surface area (Å²) in [6.07, 6.45) is 2.99. The largest absolute Gasteiger partial charge is 0.352 e. The zero-order valence-corrected chi connectivity index (χ0v) is 19.4. The summed E-state index contributed by atoms with van der Waals surface area (Å²) >= 11 is 0. The number of piperidine rings is 1. The first kappa shape index (κ1) is 23.7. The summed E-state index contributed by atoms with van der Waals surface area (Å²) in [7, 11) is 3.59. The van der Waals surface area contributed by atoms with Gasteiger partial charge in [0.15, 0.2) is 0 Å². The van der Waals surface area contributed by atoms with Crippen molar-refractivity contribution in [3.8, 4) is 0 Å². The first-order chi connectivity index (χ1) is 14.9. The number of hydrogen-bond acceptors (Lipinski definition) is 5. The molecule has 3 rings (SSSR count). The van der Waals surface area contributed by atoms with Crippen LogP contribution in [0.1, 0.15) is 31.7 Å². The second kappa shape index (κ2) is 11.6. The summed E-state index contributed by atoms with van der Waals surface area (Å²) in [5.74, 6) is 0.275. The van der Waals surface area contributed by atoms with Crippen molar-refractivity contribution in [2.45, 2.75) is 44.8 Å². The zero-order chi connectivity index (χ0) is 22.2. The average molecular weight is 430 g/mol. The van der Waals surface area contributed by atoms with Crippen LogP contribution < -0.4 is 5.32 Å². The van der Waals surface area contributed by atoms with Crippen LogP contribution in [0.3, 0.4) is 0 Å². The van der Waals surface area contributed by atoms with Gasteiger partial charge in [0.1, 0.15) is 0 Å². The molecule has 1 aromatic carbocycles. The smallest absolute Gasteiger partial charge is 0.237 e. The van der Waals surface area contributed by atoms with E-state index >= 15 is 0 Å². The normalized spacial score (nSPS) is 20.7. The number of rotatable bonds is 7. The van der Waals surface area contributed by atoms with Gasteiger partial charge in [0.2, 0.25) is 11.8 Å². The number of benzene rings is 1. The third-order valence-corrected chi connectivity index (χ3v) is 6.59. The van der Waals surface area contributed by atoms with Crippen molar-refractivity contribution in [3.63, 3.8) is 0 Å². The SMILES string of the molecule is CC(C(=O)NC1CCN(Cc2ccccc2)CC1)N1CCCN(CC(=O)N(C)C)CC1. The molecule has 172 valence electrons. The van der Waals surface area contributed by atoms with Gasteiger partial charge in [0.25, 0.3) is 0 Å². The minimum absolute atomic E-state index is 0.133. The number of likely N-dealkylation sites (N-methyl/N-ethyl adjacent to an activating group) is 1. The van der Waals surface area contributed by atoms with Gasteiger partial charge in [-0.25, -0.2) is 0 Å². The van der Waals surface area contributed by atoms with Crippen LogP contribution in [0.2, 0.25) is 0 Å². The molecule has 2 aliphatic heterocycles. The molecule has 2 heterocycles. The van der Waals surface area contributed by atoms with E-state index in [-0.39, 0.29) is 23.9 Å². The van der Waals surface area contributed by atoms with Crippen molar-refractivity contribution in [2.75, 3.05) is 59.9 Å². The fraction of sp³-hybridized carbons (Fsp3) is 0.667. The lowest BCUT2D eigenvalue weighted by atomic mass is 10.0. The second-order valence-corrected chi connectivity index (χ2v) is 9.17. The molecule has 2 amide bonds. The Morgan fingerprint density at radius 2 is 1.71 bits per heavy atom. The van der Waals surface area contributed by atoms with Crippen LogP contribution in [0.5, 0.6) is 0 Å². The van der Waals surface area contributed by atoms with E-state index in [9.17, 15) is 9.59 Å². The Bertz CT molecular complexity index is 703. The van der Waals surface area contributed by atoms with E-state index in [0.717, 1.165) is 65.1 Å². The van der Waals surface area contributed by atoms with Crippen LogP contribution in [-0.4, -0.2) is 103 Å². The highest BCUT2D eigenvalue weighted by Crippen LogP contribution is 2.15. The molecule has 31 heavy (non-hydrogen) atoms. The van der Waals surface area contributed by atoms with Crippen LogP contribution in [0.15, 0.2) is 30.3 Å². The lowest BCUT2D eigenvalue weighted by Gasteiger charge is -2.34. The van der Waals surface area contributed by atoms with Gasteiger partial charge in [-0.05, 0) is 38.3 Å². The molecule has 0 bridgehead atoms. The second-order valence-electron chi connectivity index (χ2n) is 9.17. The summed E-state index contributed by atoms with van der Waals surface area (Å²) in [5, 5.41) is 3.30. The van der Waals surface area contributed by atoms with Gasteiger partial charge in [-0.15, -0.1) is 0 Å². The van der Waals surface area contributed by atoms with Crippen molar-refractivity contribution in [1.82, 2.24) is 24.9 Å². The third kappa shape index (κ3) is 7.30. The summed E-state index contributed by atoms with van der Waals surface area (Å²) in [5.41, 5.74) is 1.35. The molecule has 0 aliphatic carbocycles. The zero-order valence-electron chi connectivity index (χ0n) is 19.4. The van der Waals surface area contributed by atoms with E-state index in [2.05, 4.69) is 50.3 Å². The summed E-state index contributed by atoms with van der Waals surface area (Å²) in [6.45, 7) is 8.96. The van der Waals surface area contributed by atoms with E-state index in [1.165, 1.54) is 5.56 Å². The van der Waals surface area contributed by atoms with Crippen LogP contribution in [0, 0.1) is 0 Å². The standard InChI is InChI=1S/C24H39N5O2/c1-20(29-13-7-12-27(16-17-29)19-23(30)26(2)3)24(31)25-22-10-14-28(15-11-22)18-21-8-5-4-6-9-21/h4-6,8-9,20,22H,7,10-19H2,1-3H3,(H,25,31). The minimum atomic E-state index is -0.133. The topological polar surface area (TPSA) is 59.1 Å². The number of nitrogens with zero attached hydrogens (tertiary/aromatic N) is 4. The molecule has 2 saturated heterocycles. The fourth-order valence-corrected chi connectivity index (χ4v) is 4.43. The van der Waals surface area contributed by atoms with Gasteiger partial charge in [-0.3, -0.25) is 24.3 Å². The third-order valence-electron chi connectivity index (χ3n) is 6.59. The number of nitrogens with one attached hydrogen (secondary N) is 1. The lowest BCUT2D eigenvalue weighted by molar-refractivity contribution is -0.130. The van der Waals surface area contributed by atoms with Gasteiger partial charge in [-0.2, -0.15) is 0 Å². The van der Waals surface area contributed by atoms with Gasteiger partial charge in [0.05, 0.1) is 12.6 Å². The Morgan fingerprint density at radius 3 is 2.39 bits per heavy atom. The van der Waals surface area contributed by atoms with Crippen LogP contribution in [0.4, 0.5) is 0 Å². The van der Waals surface area contributed by atoms with E-state index < -0.39 is 0 Å². The van der Waals surface area contributed by atoms with Gasteiger partial charge < -0.3 is 10.2 Å². The van der Waals surface area contributed by atoms with E-state index in [4.69, 9.17) is 0 Å². The van der Waals surface area contributed by atoms with Crippen LogP contribution in [0.25, 0.3) is 0 Å². The Kier molecular flexibility index (Phi) is 8.87. The van der Waals surface area contributed by atoms with Crippen molar-refractivity contribution in [1.29, 1.82) is 0 Å². The molecular weight excluding hydrogens is 390 g/mol. The van der Waals surface area contributed by atoms with E-state index in [1.54, 1.807) is 19.0 Å². The Balaban J connectivity index is 1.40. The summed E-state index contributed by atoms with van der Waals surface area (Å²) < 4.78 is 0. The lowest BCUT2D eigenvalue weighted by Crippen LogP contribution is -2.51. The molecule has 2 aliphatic rings. The maximum Gasteiger partial charge on any atom is 0.237 e. The molecule has 0 radical (unpaired) electrons. The highest BCUT2D eigenvalue weighted by Gasteiger charge is 2.27.